The third kappa shape index (κ3) is 2.05. The predicted molar refractivity (Wildman–Crippen MR) is 44.1 cm³/mol. The second kappa shape index (κ2) is 4.08. The van der Waals surface area contributed by atoms with Gasteiger partial charge in [0.05, 0.1) is 0 Å². The minimum Gasteiger partial charge on any atom is -0.398 e. The van der Waals surface area contributed by atoms with Crippen LogP contribution in [0, 0.1) is 0 Å². The Kier molecular flexibility index (Phi) is 4.11. The average Bonchev–Trinajstić information content (AvgIpc) is 2.01. The highest BCUT2D eigenvalue weighted by atomic mass is 28.4. The van der Waals surface area contributed by atoms with Crippen LogP contribution in [0.25, 0.3) is 0 Å². The third-order valence-electron chi connectivity index (χ3n) is 2.06. The molecule has 62 valence electrons. The first-order valence-electron chi connectivity index (χ1n) is 3.41. The van der Waals surface area contributed by atoms with Crippen molar-refractivity contribution in [3.63, 3.8) is 0 Å². The summed E-state index contributed by atoms with van der Waals surface area (Å²) in [4.78, 5) is 0. The summed E-state index contributed by atoms with van der Waals surface area (Å²) in [5.74, 6) is 0. The van der Waals surface area contributed by atoms with Crippen molar-refractivity contribution in [3.8, 4) is 0 Å². The van der Waals surface area contributed by atoms with Crippen molar-refractivity contribution < 1.29 is 8.85 Å². The van der Waals surface area contributed by atoms with Crippen molar-refractivity contribution in [1.82, 2.24) is 0 Å². The molecular weight excluding hydrogens is 146 g/mol. The van der Waals surface area contributed by atoms with Crippen LogP contribution in [0.5, 0.6) is 0 Å². The lowest BCUT2D eigenvalue weighted by Gasteiger charge is -2.28. The Hall–Kier alpha value is 0.0969. The highest BCUT2D eigenvalue weighted by molar-refractivity contribution is 6.67. The molecule has 0 fully saturated rings. The van der Waals surface area contributed by atoms with Crippen LogP contribution in [0.4, 0.5) is 0 Å². The molecule has 1 unspecified atom stereocenters. The van der Waals surface area contributed by atoms with E-state index in [4.69, 9.17) is 14.6 Å². The molecule has 0 aliphatic heterocycles. The fourth-order valence-electron chi connectivity index (χ4n) is 0.700. The van der Waals surface area contributed by atoms with E-state index in [2.05, 4.69) is 6.92 Å². The van der Waals surface area contributed by atoms with Gasteiger partial charge in [-0.05, 0) is 13.1 Å². The number of hydrogen-bond donors (Lipinski definition) is 1. The minimum absolute atomic E-state index is 0.350. The molecule has 3 nitrogen and oxygen atoms in total. The molecule has 0 spiro atoms. The van der Waals surface area contributed by atoms with E-state index in [1.165, 1.54) is 0 Å². The second-order valence-electron chi connectivity index (χ2n) is 2.56. The van der Waals surface area contributed by atoms with Gasteiger partial charge in [0, 0.05) is 19.8 Å². The topological polar surface area (TPSA) is 44.5 Å². The maximum atomic E-state index is 5.48. The van der Waals surface area contributed by atoms with Crippen LogP contribution in [0.15, 0.2) is 0 Å². The van der Waals surface area contributed by atoms with E-state index in [0.717, 1.165) is 0 Å². The predicted octanol–water partition coefficient (Wildman–Crippen LogP) is 0.700. The lowest BCUT2D eigenvalue weighted by molar-refractivity contribution is 0.239. The highest BCUT2D eigenvalue weighted by Crippen LogP contribution is 2.20. The molecule has 0 radical (unpaired) electrons. The lowest BCUT2D eigenvalue weighted by Crippen LogP contribution is -2.43. The van der Waals surface area contributed by atoms with Gasteiger partial charge in [-0.15, -0.1) is 0 Å². The van der Waals surface area contributed by atoms with Crippen LogP contribution >= 0.6 is 0 Å². The largest absolute Gasteiger partial charge is 0.398 e. The highest BCUT2D eigenvalue weighted by Gasteiger charge is 2.34. The Morgan fingerprint density at radius 2 is 1.80 bits per heavy atom. The zero-order valence-electron chi connectivity index (χ0n) is 7.18. The van der Waals surface area contributed by atoms with Gasteiger partial charge in [0.15, 0.2) is 0 Å². The molecule has 0 saturated heterocycles. The van der Waals surface area contributed by atoms with Gasteiger partial charge >= 0.3 is 8.56 Å². The number of rotatable bonds is 4. The van der Waals surface area contributed by atoms with Crippen molar-refractivity contribution in [1.29, 1.82) is 0 Å². The molecular formula is C6H17NO2Si. The van der Waals surface area contributed by atoms with Gasteiger partial charge in [-0.3, -0.25) is 0 Å². The Morgan fingerprint density at radius 1 is 1.40 bits per heavy atom. The molecule has 4 heteroatoms. The summed E-state index contributed by atoms with van der Waals surface area (Å²) in [6.07, 6.45) is 0. The smallest absolute Gasteiger partial charge is 0.338 e. The van der Waals surface area contributed by atoms with Gasteiger partial charge in [0.2, 0.25) is 0 Å². The van der Waals surface area contributed by atoms with Crippen molar-refractivity contribution in [2.45, 2.75) is 19.0 Å². The fraction of sp³-hybridized carbons (Fsp3) is 1.00. The van der Waals surface area contributed by atoms with E-state index in [-0.39, 0.29) is 0 Å². The second-order valence-corrected chi connectivity index (χ2v) is 6.39. The van der Waals surface area contributed by atoms with Crippen LogP contribution in [-0.4, -0.2) is 29.3 Å². The van der Waals surface area contributed by atoms with E-state index in [1.807, 2.05) is 6.55 Å². The Bertz CT molecular complexity index is 95.7. The molecule has 0 heterocycles. The summed E-state index contributed by atoms with van der Waals surface area (Å²) in [6, 6.07) is 0. The van der Waals surface area contributed by atoms with Crippen LogP contribution < -0.4 is 5.73 Å². The normalized spacial score (nSPS) is 15.3. The first-order valence-corrected chi connectivity index (χ1v) is 5.80. The quantitative estimate of drug-likeness (QED) is 0.620. The molecule has 10 heavy (non-hydrogen) atoms. The Balaban J connectivity index is 4.02. The van der Waals surface area contributed by atoms with Gasteiger partial charge in [0.1, 0.15) is 0 Å². The van der Waals surface area contributed by atoms with Gasteiger partial charge in [-0.2, -0.15) is 0 Å². The van der Waals surface area contributed by atoms with Gasteiger partial charge in [0.25, 0.3) is 0 Å². The fourth-order valence-corrected chi connectivity index (χ4v) is 2.10. The summed E-state index contributed by atoms with van der Waals surface area (Å²) in [7, 11) is 1.44. The van der Waals surface area contributed by atoms with Crippen LogP contribution in [0.1, 0.15) is 6.92 Å². The van der Waals surface area contributed by atoms with Crippen molar-refractivity contribution in [3.05, 3.63) is 0 Å². The van der Waals surface area contributed by atoms with E-state index in [0.29, 0.717) is 12.1 Å². The van der Waals surface area contributed by atoms with E-state index < -0.39 is 8.56 Å². The minimum atomic E-state index is -1.93. The maximum absolute atomic E-state index is 5.48. The van der Waals surface area contributed by atoms with Crippen LogP contribution in [0.2, 0.25) is 12.1 Å². The summed E-state index contributed by atoms with van der Waals surface area (Å²) in [5, 5.41) is 0. The summed E-state index contributed by atoms with van der Waals surface area (Å²) >= 11 is 0. The zero-order chi connectivity index (χ0) is 8.20. The molecule has 0 aromatic rings. The van der Waals surface area contributed by atoms with Gasteiger partial charge in [-0.1, -0.05) is 6.92 Å². The summed E-state index contributed by atoms with van der Waals surface area (Å²) < 4.78 is 10.6. The summed E-state index contributed by atoms with van der Waals surface area (Å²) in [6.45, 7) is 4.70. The number of hydrogen-bond acceptors (Lipinski definition) is 3. The average molecular weight is 163 g/mol. The van der Waals surface area contributed by atoms with E-state index in [1.54, 1.807) is 14.2 Å². The monoisotopic (exact) mass is 163 g/mol. The van der Waals surface area contributed by atoms with Crippen molar-refractivity contribution >= 4 is 8.56 Å². The standard InChI is InChI=1S/C6H17NO2Si/c1-6(5-7)10(4,8-2)9-3/h6H,5,7H2,1-4H3. The van der Waals surface area contributed by atoms with Crippen LogP contribution in [0.3, 0.4) is 0 Å². The van der Waals surface area contributed by atoms with Gasteiger partial charge in [-0.25, -0.2) is 0 Å². The van der Waals surface area contributed by atoms with Gasteiger partial charge < -0.3 is 14.6 Å². The van der Waals surface area contributed by atoms with Crippen molar-refractivity contribution in [2.75, 3.05) is 20.8 Å². The lowest BCUT2D eigenvalue weighted by atomic mass is 10.5. The molecule has 0 rings (SSSR count). The van der Waals surface area contributed by atoms with E-state index >= 15 is 0 Å². The molecule has 2 N–H and O–H groups in total. The zero-order valence-corrected chi connectivity index (χ0v) is 8.18. The number of nitrogens with two attached hydrogens (primary N) is 1. The van der Waals surface area contributed by atoms with Crippen molar-refractivity contribution in [2.24, 2.45) is 5.73 Å². The first kappa shape index (κ1) is 10.1. The molecule has 1 atom stereocenters. The molecule has 0 aromatic heterocycles. The molecule has 0 aliphatic rings. The molecule has 0 aliphatic carbocycles. The Morgan fingerprint density at radius 3 is 1.90 bits per heavy atom. The molecule has 0 bridgehead atoms. The summed E-state index contributed by atoms with van der Waals surface area (Å²) in [5.41, 5.74) is 5.83. The SMILES string of the molecule is CO[Si](C)(OC)C(C)CN. The van der Waals surface area contributed by atoms with Crippen LogP contribution in [-0.2, 0) is 8.85 Å². The maximum Gasteiger partial charge on any atom is 0.338 e. The third-order valence-corrected chi connectivity index (χ3v) is 5.71. The first-order chi connectivity index (χ1) is 4.60. The molecule has 0 amide bonds. The van der Waals surface area contributed by atoms with E-state index in [9.17, 15) is 0 Å². The molecule has 0 aromatic carbocycles. The molecule has 0 saturated carbocycles. The Labute approximate surface area is 63.8 Å².